The summed E-state index contributed by atoms with van der Waals surface area (Å²) >= 11 is 0. The van der Waals surface area contributed by atoms with Crippen LogP contribution >= 0.6 is 0 Å². The van der Waals surface area contributed by atoms with E-state index in [9.17, 15) is 0 Å². The molecular weight excluding hydrogens is 579 g/mol. The highest BCUT2D eigenvalue weighted by Gasteiger charge is 2.52. The number of anilines is 3. The third-order valence-corrected chi connectivity index (χ3v) is 12.1. The lowest BCUT2D eigenvalue weighted by atomic mass is 9.60. The quantitative estimate of drug-likeness (QED) is 0.187. The van der Waals surface area contributed by atoms with Crippen molar-refractivity contribution in [1.29, 1.82) is 0 Å². The van der Waals surface area contributed by atoms with E-state index in [1.807, 2.05) is 0 Å². The monoisotopic (exact) mass is 617 g/mol. The zero-order chi connectivity index (χ0) is 32.7. The van der Waals surface area contributed by atoms with Gasteiger partial charge in [0.05, 0.1) is 17.1 Å². The Kier molecular flexibility index (Phi) is 5.27. The molecule has 1 heteroatoms. The molecule has 0 aromatic heterocycles. The number of nitrogens with zero attached hydrogens (tertiary/aromatic N) is 1. The number of para-hydroxylation sites is 1. The standard InChI is InChI=1S/C47H39N/c1-45(2)36-16-11-17-37-42(36)48-43-38(45)24-34(32-20-18-28-12-7-9-14-30(28)22-32)26-40(43)47(5,6)41-27-35(25-39(44(41)48)46(37,3)4)33-21-19-29-13-8-10-15-31(29)23-33/h7-27H,1-6H3. The fourth-order valence-electron chi connectivity index (χ4n) is 9.29. The van der Waals surface area contributed by atoms with Crippen LogP contribution in [0.25, 0.3) is 43.8 Å². The summed E-state index contributed by atoms with van der Waals surface area (Å²) in [5.74, 6) is 0. The molecule has 0 bridgehead atoms. The highest BCUT2D eigenvalue weighted by atomic mass is 15.2. The van der Waals surface area contributed by atoms with Crippen molar-refractivity contribution < 1.29 is 0 Å². The maximum absolute atomic E-state index is 2.68. The average Bonchev–Trinajstić information content (AvgIpc) is 3.10. The second-order valence-corrected chi connectivity index (χ2v) is 15.9. The number of benzene rings is 7. The van der Waals surface area contributed by atoms with Crippen LogP contribution in [0.5, 0.6) is 0 Å². The lowest BCUT2D eigenvalue weighted by Crippen LogP contribution is -2.43. The first kappa shape index (κ1) is 27.9. The van der Waals surface area contributed by atoms with Gasteiger partial charge in [0.25, 0.3) is 0 Å². The van der Waals surface area contributed by atoms with Crippen molar-refractivity contribution in [2.24, 2.45) is 0 Å². The normalized spacial score (nSPS) is 17.0. The number of hydrogen-bond donors (Lipinski definition) is 0. The summed E-state index contributed by atoms with van der Waals surface area (Å²) < 4.78 is 0. The summed E-state index contributed by atoms with van der Waals surface area (Å²) in [5.41, 5.74) is 17.2. The van der Waals surface area contributed by atoms with E-state index in [1.54, 1.807) is 0 Å². The Morgan fingerprint density at radius 3 is 1.08 bits per heavy atom. The smallest absolute Gasteiger partial charge is 0.0544 e. The minimum absolute atomic E-state index is 0.162. The second-order valence-electron chi connectivity index (χ2n) is 15.9. The van der Waals surface area contributed by atoms with Crippen molar-refractivity contribution in [1.82, 2.24) is 0 Å². The van der Waals surface area contributed by atoms with E-state index >= 15 is 0 Å². The summed E-state index contributed by atoms with van der Waals surface area (Å²) in [5, 5.41) is 5.12. The third-order valence-electron chi connectivity index (χ3n) is 12.1. The van der Waals surface area contributed by atoms with Crippen LogP contribution in [-0.4, -0.2) is 0 Å². The number of fused-ring (bicyclic) bond motifs is 2. The molecule has 232 valence electrons. The van der Waals surface area contributed by atoms with E-state index in [0.717, 1.165) is 0 Å². The third kappa shape index (κ3) is 3.47. The molecule has 1 nitrogen and oxygen atoms in total. The highest BCUT2D eigenvalue weighted by Crippen LogP contribution is 2.66. The zero-order valence-electron chi connectivity index (χ0n) is 28.6. The van der Waals surface area contributed by atoms with Crippen LogP contribution < -0.4 is 4.90 Å². The Hall–Kier alpha value is -5.14. The lowest BCUT2D eigenvalue weighted by Gasteiger charge is -2.55. The molecule has 3 aliphatic rings. The molecule has 0 amide bonds. The SMILES string of the molecule is CC1(C)c2cccc3c2N2c4c1cc(-c1ccc5ccccc5c1)cc4C(C)(C)c1cc(-c4ccc5ccccc5c4)cc(c12)C3(C)C. The Balaban J connectivity index is 1.30. The Labute approximate surface area is 283 Å². The molecule has 10 rings (SSSR count). The van der Waals surface area contributed by atoms with Gasteiger partial charge in [0.15, 0.2) is 0 Å². The van der Waals surface area contributed by atoms with Gasteiger partial charge in [-0.05, 0) is 114 Å². The summed E-state index contributed by atoms with van der Waals surface area (Å²) in [6.07, 6.45) is 0. The van der Waals surface area contributed by atoms with Gasteiger partial charge in [-0.1, -0.05) is 133 Å². The van der Waals surface area contributed by atoms with E-state index in [4.69, 9.17) is 0 Å². The average molecular weight is 618 g/mol. The molecule has 0 N–H and O–H groups in total. The van der Waals surface area contributed by atoms with Gasteiger partial charge in [-0.2, -0.15) is 0 Å². The van der Waals surface area contributed by atoms with Crippen LogP contribution in [0.4, 0.5) is 17.1 Å². The minimum atomic E-state index is -0.222. The first-order valence-corrected chi connectivity index (χ1v) is 17.4. The molecule has 3 heterocycles. The first-order chi connectivity index (χ1) is 23.0. The van der Waals surface area contributed by atoms with E-state index in [-0.39, 0.29) is 16.2 Å². The predicted octanol–water partition coefficient (Wildman–Crippen LogP) is 12.7. The van der Waals surface area contributed by atoms with Gasteiger partial charge in [-0.25, -0.2) is 0 Å². The second kappa shape index (κ2) is 9.05. The van der Waals surface area contributed by atoms with Crippen LogP contribution in [0.3, 0.4) is 0 Å². The molecule has 0 aliphatic carbocycles. The van der Waals surface area contributed by atoms with Gasteiger partial charge in [-0.15, -0.1) is 0 Å². The summed E-state index contributed by atoms with van der Waals surface area (Å²) in [6.45, 7) is 14.7. The molecule has 0 radical (unpaired) electrons. The molecule has 48 heavy (non-hydrogen) atoms. The summed E-state index contributed by atoms with van der Waals surface area (Å²) in [7, 11) is 0. The molecule has 0 atom stereocenters. The minimum Gasteiger partial charge on any atom is -0.309 e. The first-order valence-electron chi connectivity index (χ1n) is 17.4. The van der Waals surface area contributed by atoms with Gasteiger partial charge in [0.1, 0.15) is 0 Å². The topological polar surface area (TPSA) is 3.24 Å². The Bertz CT molecular complexity index is 2370. The zero-order valence-corrected chi connectivity index (χ0v) is 28.6. The van der Waals surface area contributed by atoms with E-state index in [2.05, 4.69) is 174 Å². The van der Waals surface area contributed by atoms with Crippen molar-refractivity contribution in [2.45, 2.75) is 57.8 Å². The molecule has 7 aromatic rings. The maximum atomic E-state index is 2.68. The van der Waals surface area contributed by atoms with E-state index in [0.29, 0.717) is 0 Å². The van der Waals surface area contributed by atoms with Crippen molar-refractivity contribution in [3.63, 3.8) is 0 Å². The molecule has 7 aromatic carbocycles. The van der Waals surface area contributed by atoms with E-state index in [1.165, 1.54) is 94.2 Å². The molecule has 0 saturated carbocycles. The summed E-state index contributed by atoms with van der Waals surface area (Å²) in [6, 6.07) is 48.4. The molecule has 0 unspecified atom stereocenters. The fraction of sp³-hybridized carbons (Fsp3) is 0.191. The molecule has 3 aliphatic heterocycles. The van der Waals surface area contributed by atoms with Crippen molar-refractivity contribution in [3.05, 3.63) is 161 Å². The summed E-state index contributed by atoms with van der Waals surface area (Å²) in [4.78, 5) is 2.68. The lowest BCUT2D eigenvalue weighted by molar-refractivity contribution is 0.567. The van der Waals surface area contributed by atoms with Crippen LogP contribution in [0.2, 0.25) is 0 Å². The van der Waals surface area contributed by atoms with Crippen LogP contribution in [-0.2, 0) is 16.2 Å². The molecule has 0 spiro atoms. The number of rotatable bonds is 2. The van der Waals surface area contributed by atoms with Crippen LogP contribution in [0.1, 0.15) is 74.9 Å². The fourth-order valence-corrected chi connectivity index (χ4v) is 9.29. The molecular formula is C47H39N. The van der Waals surface area contributed by atoms with Crippen molar-refractivity contribution in [3.8, 4) is 22.3 Å². The van der Waals surface area contributed by atoms with E-state index < -0.39 is 0 Å². The predicted molar refractivity (Wildman–Crippen MR) is 203 cm³/mol. The Morgan fingerprint density at radius 1 is 0.312 bits per heavy atom. The van der Waals surface area contributed by atoms with Gasteiger partial charge in [-0.3, -0.25) is 0 Å². The van der Waals surface area contributed by atoms with Gasteiger partial charge in [0.2, 0.25) is 0 Å². The van der Waals surface area contributed by atoms with Gasteiger partial charge >= 0.3 is 0 Å². The largest absolute Gasteiger partial charge is 0.309 e. The highest BCUT2D eigenvalue weighted by molar-refractivity contribution is 6.01. The van der Waals surface area contributed by atoms with Crippen LogP contribution in [0, 0.1) is 0 Å². The van der Waals surface area contributed by atoms with Crippen molar-refractivity contribution in [2.75, 3.05) is 4.90 Å². The molecule has 0 saturated heterocycles. The van der Waals surface area contributed by atoms with Gasteiger partial charge < -0.3 is 4.90 Å². The number of hydrogen-bond acceptors (Lipinski definition) is 1. The van der Waals surface area contributed by atoms with Crippen LogP contribution in [0.15, 0.2) is 127 Å². The Morgan fingerprint density at radius 2 is 0.667 bits per heavy atom. The van der Waals surface area contributed by atoms with Gasteiger partial charge in [0, 0.05) is 16.2 Å². The van der Waals surface area contributed by atoms with Crippen molar-refractivity contribution >= 4 is 38.6 Å². The molecule has 0 fully saturated rings. The maximum Gasteiger partial charge on any atom is 0.0544 e.